The van der Waals surface area contributed by atoms with Gasteiger partial charge in [0.2, 0.25) is 0 Å². The van der Waals surface area contributed by atoms with E-state index in [-0.39, 0.29) is 11.9 Å². The molecule has 1 unspecified atom stereocenters. The van der Waals surface area contributed by atoms with Crippen LogP contribution in [0.3, 0.4) is 0 Å². The first-order chi connectivity index (χ1) is 7.58. The SMILES string of the molecule is CCC(C)Oc1ccc(C(N)=NO)c(Cl)c1. The molecule has 3 N–H and O–H groups in total. The highest BCUT2D eigenvalue weighted by molar-refractivity contribution is 6.34. The van der Waals surface area contributed by atoms with E-state index in [0.717, 1.165) is 6.42 Å². The van der Waals surface area contributed by atoms with Gasteiger partial charge in [0.1, 0.15) is 5.75 Å². The Labute approximate surface area is 99.7 Å². The first-order valence-corrected chi connectivity index (χ1v) is 5.40. The third-order valence-electron chi connectivity index (χ3n) is 2.24. The van der Waals surface area contributed by atoms with E-state index in [2.05, 4.69) is 5.16 Å². The van der Waals surface area contributed by atoms with Gasteiger partial charge < -0.3 is 15.7 Å². The maximum Gasteiger partial charge on any atom is 0.171 e. The number of amidine groups is 1. The number of nitrogens with zero attached hydrogens (tertiary/aromatic N) is 1. The second-order valence-electron chi connectivity index (χ2n) is 3.46. The molecule has 5 heteroatoms. The van der Waals surface area contributed by atoms with Crippen LogP contribution in [-0.2, 0) is 0 Å². The van der Waals surface area contributed by atoms with Crippen molar-refractivity contribution in [3.05, 3.63) is 28.8 Å². The third-order valence-corrected chi connectivity index (χ3v) is 2.55. The van der Waals surface area contributed by atoms with Gasteiger partial charge in [0.25, 0.3) is 0 Å². The molecule has 0 aliphatic heterocycles. The molecule has 1 rings (SSSR count). The van der Waals surface area contributed by atoms with Crippen molar-refractivity contribution in [2.75, 3.05) is 0 Å². The van der Waals surface area contributed by atoms with Crippen molar-refractivity contribution in [3.63, 3.8) is 0 Å². The normalized spacial score (nSPS) is 13.6. The van der Waals surface area contributed by atoms with Crippen molar-refractivity contribution in [1.29, 1.82) is 0 Å². The van der Waals surface area contributed by atoms with Gasteiger partial charge in [-0.15, -0.1) is 0 Å². The molecule has 0 aliphatic carbocycles. The molecule has 0 amide bonds. The number of hydrogen-bond acceptors (Lipinski definition) is 3. The quantitative estimate of drug-likeness (QED) is 0.369. The topological polar surface area (TPSA) is 67.8 Å². The first-order valence-electron chi connectivity index (χ1n) is 5.02. The van der Waals surface area contributed by atoms with Gasteiger partial charge in [-0.3, -0.25) is 0 Å². The summed E-state index contributed by atoms with van der Waals surface area (Å²) in [6.45, 7) is 4.02. The van der Waals surface area contributed by atoms with E-state index in [1.807, 2.05) is 13.8 Å². The number of hydrogen-bond donors (Lipinski definition) is 2. The number of benzene rings is 1. The summed E-state index contributed by atoms with van der Waals surface area (Å²) in [7, 11) is 0. The van der Waals surface area contributed by atoms with E-state index >= 15 is 0 Å². The van der Waals surface area contributed by atoms with Crippen LogP contribution in [-0.4, -0.2) is 17.1 Å². The zero-order valence-corrected chi connectivity index (χ0v) is 10.0. The Morgan fingerprint density at radius 2 is 2.31 bits per heavy atom. The summed E-state index contributed by atoms with van der Waals surface area (Å²) in [6, 6.07) is 5.06. The Kier molecular flexibility index (Phi) is 4.43. The van der Waals surface area contributed by atoms with Crippen LogP contribution >= 0.6 is 11.6 Å². The van der Waals surface area contributed by atoms with Gasteiger partial charge in [0.15, 0.2) is 5.84 Å². The van der Waals surface area contributed by atoms with Gasteiger partial charge in [0, 0.05) is 5.56 Å². The average Bonchev–Trinajstić information content (AvgIpc) is 2.28. The number of nitrogens with two attached hydrogens (primary N) is 1. The second kappa shape index (κ2) is 5.61. The number of halogens is 1. The highest BCUT2D eigenvalue weighted by atomic mass is 35.5. The van der Waals surface area contributed by atoms with Gasteiger partial charge in [-0.05, 0) is 31.5 Å². The smallest absolute Gasteiger partial charge is 0.171 e. The summed E-state index contributed by atoms with van der Waals surface area (Å²) < 4.78 is 5.59. The maximum absolute atomic E-state index is 8.54. The summed E-state index contributed by atoms with van der Waals surface area (Å²) in [6.07, 6.45) is 1.05. The van der Waals surface area contributed by atoms with Gasteiger partial charge in [0.05, 0.1) is 11.1 Å². The number of oxime groups is 1. The Morgan fingerprint density at radius 1 is 1.62 bits per heavy atom. The van der Waals surface area contributed by atoms with Crippen LogP contribution in [0, 0.1) is 0 Å². The summed E-state index contributed by atoms with van der Waals surface area (Å²) in [4.78, 5) is 0. The van der Waals surface area contributed by atoms with Crippen molar-refractivity contribution >= 4 is 17.4 Å². The Hall–Kier alpha value is -1.42. The van der Waals surface area contributed by atoms with Crippen LogP contribution in [0.5, 0.6) is 5.75 Å². The van der Waals surface area contributed by atoms with Crippen molar-refractivity contribution in [2.24, 2.45) is 10.9 Å². The Bertz CT molecular complexity index is 394. The molecule has 0 spiro atoms. The van der Waals surface area contributed by atoms with Crippen molar-refractivity contribution < 1.29 is 9.94 Å². The number of ether oxygens (including phenoxy) is 1. The van der Waals surface area contributed by atoms with Crippen LogP contribution in [0.25, 0.3) is 0 Å². The highest BCUT2D eigenvalue weighted by Crippen LogP contribution is 2.23. The van der Waals surface area contributed by atoms with Crippen molar-refractivity contribution in [3.8, 4) is 5.75 Å². The molecule has 0 fully saturated rings. The molecule has 0 saturated carbocycles. The molecular formula is C11H15ClN2O2. The molecule has 0 aliphatic rings. The fraction of sp³-hybridized carbons (Fsp3) is 0.364. The lowest BCUT2D eigenvalue weighted by molar-refractivity contribution is 0.217. The molecule has 0 aromatic heterocycles. The van der Waals surface area contributed by atoms with Gasteiger partial charge in [-0.25, -0.2) is 0 Å². The Balaban J connectivity index is 2.91. The predicted octanol–water partition coefficient (Wildman–Crippen LogP) is 2.61. The lowest BCUT2D eigenvalue weighted by Gasteiger charge is -2.13. The van der Waals surface area contributed by atoms with Crippen LogP contribution in [0.1, 0.15) is 25.8 Å². The van der Waals surface area contributed by atoms with Crippen LogP contribution in [0.2, 0.25) is 5.02 Å². The van der Waals surface area contributed by atoms with Gasteiger partial charge in [-0.1, -0.05) is 23.7 Å². The molecule has 0 heterocycles. The van der Waals surface area contributed by atoms with E-state index in [4.69, 9.17) is 27.3 Å². The molecule has 16 heavy (non-hydrogen) atoms. The zero-order chi connectivity index (χ0) is 12.1. The maximum atomic E-state index is 8.54. The lowest BCUT2D eigenvalue weighted by atomic mass is 10.2. The third kappa shape index (κ3) is 3.03. The zero-order valence-electron chi connectivity index (χ0n) is 9.27. The molecule has 1 aromatic rings. The van der Waals surface area contributed by atoms with Gasteiger partial charge in [-0.2, -0.15) is 0 Å². The molecule has 88 valence electrons. The van der Waals surface area contributed by atoms with Crippen molar-refractivity contribution in [1.82, 2.24) is 0 Å². The van der Waals surface area contributed by atoms with Crippen LogP contribution in [0.15, 0.2) is 23.4 Å². The molecule has 1 atom stereocenters. The van der Waals surface area contributed by atoms with Gasteiger partial charge >= 0.3 is 0 Å². The molecular weight excluding hydrogens is 228 g/mol. The van der Waals surface area contributed by atoms with Crippen LogP contribution < -0.4 is 10.5 Å². The lowest BCUT2D eigenvalue weighted by Crippen LogP contribution is -2.14. The van der Waals surface area contributed by atoms with E-state index in [1.54, 1.807) is 18.2 Å². The summed E-state index contributed by atoms with van der Waals surface area (Å²) >= 11 is 5.98. The predicted molar refractivity (Wildman–Crippen MR) is 64.3 cm³/mol. The van der Waals surface area contributed by atoms with Crippen molar-refractivity contribution in [2.45, 2.75) is 26.4 Å². The largest absolute Gasteiger partial charge is 0.491 e. The Morgan fingerprint density at radius 3 is 2.81 bits per heavy atom. The standard InChI is InChI=1S/C11H15ClN2O2/c1-3-7(2)16-8-4-5-9(10(12)6-8)11(13)14-15/h4-7,15H,3H2,1-2H3,(H2,13,14). The summed E-state index contributed by atoms with van der Waals surface area (Å²) in [5.74, 6) is 0.661. The first kappa shape index (κ1) is 12.6. The minimum Gasteiger partial charge on any atom is -0.491 e. The van der Waals surface area contributed by atoms with E-state index in [1.165, 1.54) is 0 Å². The minimum atomic E-state index is -0.0138. The van der Waals surface area contributed by atoms with Crippen LogP contribution in [0.4, 0.5) is 0 Å². The van der Waals surface area contributed by atoms with E-state index < -0.39 is 0 Å². The fourth-order valence-corrected chi connectivity index (χ4v) is 1.41. The monoisotopic (exact) mass is 242 g/mol. The molecule has 0 radical (unpaired) electrons. The second-order valence-corrected chi connectivity index (χ2v) is 3.87. The summed E-state index contributed by atoms with van der Waals surface area (Å²) in [5, 5.41) is 11.8. The molecule has 4 nitrogen and oxygen atoms in total. The average molecular weight is 243 g/mol. The fourth-order valence-electron chi connectivity index (χ4n) is 1.15. The molecule has 1 aromatic carbocycles. The summed E-state index contributed by atoms with van der Waals surface area (Å²) in [5.41, 5.74) is 5.93. The van der Waals surface area contributed by atoms with E-state index in [9.17, 15) is 0 Å². The van der Waals surface area contributed by atoms with E-state index in [0.29, 0.717) is 16.3 Å². The minimum absolute atomic E-state index is 0.0138. The number of rotatable bonds is 4. The molecule has 0 saturated heterocycles. The molecule has 0 bridgehead atoms. The highest BCUT2D eigenvalue weighted by Gasteiger charge is 2.08.